The molecule has 1 aromatic heterocycles. The largest absolute Gasteiger partial charge is 0.299 e. The molecule has 98 valence electrons. The number of fused-ring (bicyclic) bond motifs is 1. The normalized spacial score (nSPS) is 10.6. The van der Waals surface area contributed by atoms with Crippen LogP contribution in [0.25, 0.3) is 10.9 Å². The van der Waals surface area contributed by atoms with E-state index in [2.05, 4.69) is 4.98 Å². The number of carbonyl (C=O) groups excluding carboxylic acids is 1. The van der Waals surface area contributed by atoms with Crippen molar-refractivity contribution in [2.24, 2.45) is 0 Å². The summed E-state index contributed by atoms with van der Waals surface area (Å²) >= 11 is 0. The van der Waals surface area contributed by atoms with Crippen LogP contribution in [0.5, 0.6) is 0 Å². The minimum atomic E-state index is -0.432. The van der Waals surface area contributed by atoms with Crippen molar-refractivity contribution < 1.29 is 9.72 Å². The molecule has 0 amide bonds. The Hall–Kier alpha value is -2.30. The first kappa shape index (κ1) is 13.1. The van der Waals surface area contributed by atoms with Gasteiger partial charge < -0.3 is 0 Å². The van der Waals surface area contributed by atoms with Gasteiger partial charge in [-0.25, -0.2) is 0 Å². The minimum Gasteiger partial charge on any atom is -0.299 e. The lowest BCUT2D eigenvalue weighted by Crippen LogP contribution is -2.03. The molecular weight excluding hydrogens is 244 g/mol. The standard InChI is InChI=1S/C14H14N2O3/c1-2-3-13(17)9-11-5-4-10-8-12(16(18)19)6-7-14(10)15-11/h4-8H,2-3,9H2,1H3. The fourth-order valence-electron chi connectivity index (χ4n) is 1.94. The second-order valence-corrected chi connectivity index (χ2v) is 4.40. The maximum Gasteiger partial charge on any atom is 0.270 e. The van der Waals surface area contributed by atoms with Gasteiger partial charge in [0, 0.05) is 36.1 Å². The van der Waals surface area contributed by atoms with Gasteiger partial charge >= 0.3 is 0 Å². The number of non-ortho nitro benzene ring substituents is 1. The second kappa shape index (κ2) is 5.56. The van der Waals surface area contributed by atoms with E-state index in [1.165, 1.54) is 12.1 Å². The molecule has 0 bridgehead atoms. The van der Waals surface area contributed by atoms with Crippen molar-refractivity contribution in [1.82, 2.24) is 4.98 Å². The van der Waals surface area contributed by atoms with Gasteiger partial charge in [0.1, 0.15) is 5.78 Å². The molecule has 0 saturated carbocycles. The molecule has 1 heterocycles. The van der Waals surface area contributed by atoms with Crippen molar-refractivity contribution >= 4 is 22.4 Å². The molecule has 19 heavy (non-hydrogen) atoms. The number of aromatic nitrogens is 1. The van der Waals surface area contributed by atoms with E-state index in [9.17, 15) is 14.9 Å². The average molecular weight is 258 g/mol. The Bertz CT molecular complexity index is 638. The predicted molar refractivity (Wildman–Crippen MR) is 72.0 cm³/mol. The van der Waals surface area contributed by atoms with Gasteiger partial charge in [0.15, 0.2) is 0 Å². The van der Waals surface area contributed by atoms with Crippen LogP contribution in [-0.4, -0.2) is 15.7 Å². The molecule has 2 rings (SSSR count). The van der Waals surface area contributed by atoms with Crippen LogP contribution in [-0.2, 0) is 11.2 Å². The third-order valence-electron chi connectivity index (χ3n) is 2.85. The van der Waals surface area contributed by atoms with Crippen LogP contribution in [0.2, 0.25) is 0 Å². The van der Waals surface area contributed by atoms with Crippen molar-refractivity contribution in [3.05, 3.63) is 46.1 Å². The zero-order valence-electron chi connectivity index (χ0n) is 10.6. The van der Waals surface area contributed by atoms with E-state index >= 15 is 0 Å². The lowest BCUT2D eigenvalue weighted by Gasteiger charge is -2.02. The highest BCUT2D eigenvalue weighted by Gasteiger charge is 2.08. The number of benzene rings is 1. The molecule has 5 heteroatoms. The first-order valence-electron chi connectivity index (χ1n) is 6.16. The molecule has 0 spiro atoms. The van der Waals surface area contributed by atoms with E-state index in [0.717, 1.165) is 6.42 Å². The predicted octanol–water partition coefficient (Wildman–Crippen LogP) is 3.05. The molecule has 0 aliphatic carbocycles. The Balaban J connectivity index is 2.29. The number of carbonyl (C=O) groups is 1. The minimum absolute atomic E-state index is 0.0455. The second-order valence-electron chi connectivity index (χ2n) is 4.40. The molecule has 0 aliphatic heterocycles. The molecule has 0 N–H and O–H groups in total. The van der Waals surface area contributed by atoms with Crippen LogP contribution in [0.4, 0.5) is 5.69 Å². The zero-order chi connectivity index (χ0) is 13.8. The van der Waals surface area contributed by atoms with Gasteiger partial charge in [-0.05, 0) is 18.6 Å². The Labute approximate surface area is 110 Å². The average Bonchev–Trinajstić information content (AvgIpc) is 2.38. The van der Waals surface area contributed by atoms with Crippen LogP contribution >= 0.6 is 0 Å². The van der Waals surface area contributed by atoms with Crippen molar-refractivity contribution in [1.29, 1.82) is 0 Å². The Kier molecular flexibility index (Phi) is 3.85. The zero-order valence-corrected chi connectivity index (χ0v) is 10.6. The molecule has 0 radical (unpaired) electrons. The Morgan fingerprint density at radius 2 is 2.11 bits per heavy atom. The summed E-state index contributed by atoms with van der Waals surface area (Å²) in [4.78, 5) is 26.2. The van der Waals surface area contributed by atoms with E-state index in [0.29, 0.717) is 29.4 Å². The summed E-state index contributed by atoms with van der Waals surface area (Å²) in [6.45, 7) is 1.96. The number of nitrogens with zero attached hydrogens (tertiary/aromatic N) is 2. The Morgan fingerprint density at radius 1 is 1.32 bits per heavy atom. The number of ketones is 1. The highest BCUT2D eigenvalue weighted by Crippen LogP contribution is 2.20. The lowest BCUT2D eigenvalue weighted by molar-refractivity contribution is -0.384. The summed E-state index contributed by atoms with van der Waals surface area (Å²) < 4.78 is 0. The van der Waals surface area contributed by atoms with Crippen LogP contribution < -0.4 is 0 Å². The van der Waals surface area contributed by atoms with Gasteiger partial charge in [-0.2, -0.15) is 0 Å². The van der Waals surface area contributed by atoms with E-state index in [4.69, 9.17) is 0 Å². The smallest absolute Gasteiger partial charge is 0.270 e. The van der Waals surface area contributed by atoms with Gasteiger partial charge in [-0.3, -0.25) is 19.9 Å². The number of pyridine rings is 1. The number of hydrogen-bond acceptors (Lipinski definition) is 4. The molecule has 1 aromatic carbocycles. The summed E-state index contributed by atoms with van der Waals surface area (Å²) in [5.41, 5.74) is 1.43. The van der Waals surface area contributed by atoms with Crippen molar-refractivity contribution in [2.75, 3.05) is 0 Å². The molecule has 0 fully saturated rings. The first-order chi connectivity index (χ1) is 9.10. The summed E-state index contributed by atoms with van der Waals surface area (Å²) in [7, 11) is 0. The van der Waals surface area contributed by atoms with E-state index in [1.807, 2.05) is 6.92 Å². The van der Waals surface area contributed by atoms with Crippen LogP contribution in [0.15, 0.2) is 30.3 Å². The summed E-state index contributed by atoms with van der Waals surface area (Å²) in [5.74, 6) is 0.163. The number of hydrogen-bond donors (Lipinski definition) is 0. The fourth-order valence-corrected chi connectivity index (χ4v) is 1.94. The summed E-state index contributed by atoms with van der Waals surface area (Å²) in [5, 5.41) is 11.4. The van der Waals surface area contributed by atoms with Crippen LogP contribution in [0, 0.1) is 10.1 Å². The van der Waals surface area contributed by atoms with Gasteiger partial charge in [-0.15, -0.1) is 0 Å². The molecular formula is C14H14N2O3. The SMILES string of the molecule is CCCC(=O)Cc1ccc2cc([N+](=O)[O-])ccc2n1. The molecule has 0 unspecified atom stereocenters. The number of nitro groups is 1. The van der Waals surface area contributed by atoms with Gasteiger partial charge in [0.25, 0.3) is 5.69 Å². The van der Waals surface area contributed by atoms with Crippen molar-refractivity contribution in [3.63, 3.8) is 0 Å². The van der Waals surface area contributed by atoms with Gasteiger partial charge in [-0.1, -0.05) is 13.0 Å². The highest BCUT2D eigenvalue weighted by molar-refractivity contribution is 5.83. The highest BCUT2D eigenvalue weighted by atomic mass is 16.6. The van der Waals surface area contributed by atoms with E-state index in [1.54, 1.807) is 18.2 Å². The topological polar surface area (TPSA) is 73.1 Å². The van der Waals surface area contributed by atoms with Crippen LogP contribution in [0.1, 0.15) is 25.5 Å². The summed E-state index contributed by atoms with van der Waals surface area (Å²) in [6, 6.07) is 8.04. The third kappa shape index (κ3) is 3.13. The molecule has 0 aliphatic rings. The number of rotatable bonds is 5. The van der Waals surface area contributed by atoms with E-state index in [-0.39, 0.29) is 11.5 Å². The van der Waals surface area contributed by atoms with Gasteiger partial charge in [0.05, 0.1) is 10.4 Å². The molecule has 5 nitrogen and oxygen atoms in total. The van der Waals surface area contributed by atoms with Crippen molar-refractivity contribution in [3.8, 4) is 0 Å². The van der Waals surface area contributed by atoms with E-state index < -0.39 is 4.92 Å². The maximum absolute atomic E-state index is 11.6. The monoisotopic (exact) mass is 258 g/mol. The number of nitro benzene ring substituents is 1. The fraction of sp³-hybridized carbons (Fsp3) is 0.286. The first-order valence-corrected chi connectivity index (χ1v) is 6.16. The van der Waals surface area contributed by atoms with Crippen molar-refractivity contribution in [2.45, 2.75) is 26.2 Å². The molecule has 2 aromatic rings. The maximum atomic E-state index is 11.6. The Morgan fingerprint density at radius 3 is 2.79 bits per heavy atom. The quantitative estimate of drug-likeness (QED) is 0.610. The summed E-state index contributed by atoms with van der Waals surface area (Å²) in [6.07, 6.45) is 1.71. The lowest BCUT2D eigenvalue weighted by atomic mass is 10.1. The number of Topliss-reactive ketones (excluding diaryl/α,β-unsaturated/α-hetero) is 1. The molecule has 0 saturated heterocycles. The molecule has 0 atom stereocenters. The van der Waals surface area contributed by atoms with Gasteiger partial charge in [0.2, 0.25) is 0 Å². The van der Waals surface area contributed by atoms with Crippen LogP contribution in [0.3, 0.4) is 0 Å². The third-order valence-corrected chi connectivity index (χ3v) is 2.85.